The predicted octanol–water partition coefficient (Wildman–Crippen LogP) is 3.81. The van der Waals surface area contributed by atoms with Gasteiger partial charge in [-0.2, -0.15) is 0 Å². The monoisotopic (exact) mass is 269 g/mol. The van der Waals surface area contributed by atoms with Crippen LogP contribution in [0.4, 0.5) is 10.1 Å². The first-order valence-corrected chi connectivity index (χ1v) is 6.84. The van der Waals surface area contributed by atoms with Crippen LogP contribution in [0.2, 0.25) is 0 Å². The van der Waals surface area contributed by atoms with Gasteiger partial charge >= 0.3 is 0 Å². The Hall–Kier alpha value is -2.16. The molecule has 1 aliphatic rings. The minimum absolute atomic E-state index is 0.0225. The molecule has 0 aromatic heterocycles. The lowest BCUT2D eigenvalue weighted by atomic mass is 9.95. The highest BCUT2D eigenvalue weighted by Crippen LogP contribution is 2.32. The van der Waals surface area contributed by atoms with Gasteiger partial charge in [0.2, 0.25) is 0 Å². The molecule has 0 saturated heterocycles. The van der Waals surface area contributed by atoms with E-state index in [0.717, 1.165) is 24.1 Å². The van der Waals surface area contributed by atoms with Crippen LogP contribution < -0.4 is 4.90 Å². The summed E-state index contributed by atoms with van der Waals surface area (Å²) in [6, 6.07) is 14.0. The molecule has 2 nitrogen and oxygen atoms in total. The molecule has 0 N–H and O–H groups in total. The molecule has 0 aliphatic carbocycles. The molecular formula is C17H16FNO. The Labute approximate surface area is 117 Å². The lowest BCUT2D eigenvalue weighted by Gasteiger charge is -2.35. The van der Waals surface area contributed by atoms with Crippen molar-refractivity contribution in [2.24, 2.45) is 0 Å². The van der Waals surface area contributed by atoms with Gasteiger partial charge in [-0.15, -0.1) is 0 Å². The number of carbonyl (C=O) groups is 1. The number of carbonyl (C=O) groups excluding carboxylic acids is 1. The summed E-state index contributed by atoms with van der Waals surface area (Å²) in [7, 11) is 0. The second-order valence-electron chi connectivity index (χ2n) is 5.20. The van der Waals surface area contributed by atoms with Crippen molar-refractivity contribution in [2.75, 3.05) is 4.90 Å². The van der Waals surface area contributed by atoms with E-state index in [2.05, 4.69) is 0 Å². The normalized spacial score (nSPS) is 17.7. The number of hydrogen-bond acceptors (Lipinski definition) is 1. The van der Waals surface area contributed by atoms with E-state index >= 15 is 0 Å². The second kappa shape index (κ2) is 5.08. The lowest BCUT2D eigenvalue weighted by Crippen LogP contribution is -2.42. The fraction of sp³-hybridized carbons (Fsp3) is 0.235. The van der Waals surface area contributed by atoms with Crippen LogP contribution in [-0.2, 0) is 6.42 Å². The van der Waals surface area contributed by atoms with Crippen molar-refractivity contribution >= 4 is 11.6 Å². The number of rotatable bonds is 1. The summed E-state index contributed by atoms with van der Waals surface area (Å²) < 4.78 is 13.3. The van der Waals surface area contributed by atoms with Crippen molar-refractivity contribution in [3.8, 4) is 0 Å². The zero-order valence-corrected chi connectivity index (χ0v) is 11.3. The summed E-state index contributed by atoms with van der Waals surface area (Å²) in [6.07, 6.45) is 1.67. The Morgan fingerprint density at radius 3 is 2.70 bits per heavy atom. The molecule has 2 aromatic rings. The highest BCUT2D eigenvalue weighted by Gasteiger charge is 2.28. The molecule has 1 amide bonds. The molecular weight excluding hydrogens is 253 g/mol. The molecule has 2 aromatic carbocycles. The number of amides is 1. The van der Waals surface area contributed by atoms with Crippen molar-refractivity contribution in [1.29, 1.82) is 0 Å². The van der Waals surface area contributed by atoms with E-state index in [1.807, 2.05) is 37.3 Å². The van der Waals surface area contributed by atoms with Gasteiger partial charge in [0, 0.05) is 17.3 Å². The van der Waals surface area contributed by atoms with E-state index < -0.39 is 0 Å². The Balaban J connectivity index is 2.03. The quantitative estimate of drug-likeness (QED) is 0.771. The van der Waals surface area contributed by atoms with Gasteiger partial charge in [0.1, 0.15) is 5.82 Å². The van der Waals surface area contributed by atoms with Crippen LogP contribution in [0, 0.1) is 5.82 Å². The van der Waals surface area contributed by atoms with E-state index in [1.165, 1.54) is 12.1 Å². The van der Waals surface area contributed by atoms with Crippen molar-refractivity contribution < 1.29 is 9.18 Å². The number of benzene rings is 2. The van der Waals surface area contributed by atoms with E-state index in [9.17, 15) is 9.18 Å². The van der Waals surface area contributed by atoms with Crippen LogP contribution in [0.5, 0.6) is 0 Å². The number of anilines is 1. The van der Waals surface area contributed by atoms with Crippen LogP contribution in [0.25, 0.3) is 0 Å². The maximum Gasteiger partial charge on any atom is 0.258 e. The van der Waals surface area contributed by atoms with Crippen molar-refractivity contribution in [2.45, 2.75) is 25.8 Å². The third-order valence-corrected chi connectivity index (χ3v) is 3.81. The molecule has 1 atom stereocenters. The molecule has 0 spiro atoms. The third kappa shape index (κ3) is 2.20. The van der Waals surface area contributed by atoms with Crippen LogP contribution in [-0.4, -0.2) is 11.9 Å². The van der Waals surface area contributed by atoms with Gasteiger partial charge in [0.15, 0.2) is 0 Å². The summed E-state index contributed by atoms with van der Waals surface area (Å²) in [5.74, 6) is -0.268. The Bertz CT molecular complexity index is 639. The maximum absolute atomic E-state index is 13.3. The Kier molecular flexibility index (Phi) is 3.26. The molecule has 0 saturated carbocycles. The molecule has 1 heterocycles. The molecule has 0 unspecified atom stereocenters. The molecule has 0 fully saturated rings. The first-order chi connectivity index (χ1) is 9.66. The van der Waals surface area contributed by atoms with Crippen molar-refractivity contribution in [3.63, 3.8) is 0 Å². The summed E-state index contributed by atoms with van der Waals surface area (Å²) >= 11 is 0. The maximum atomic E-state index is 13.3. The zero-order valence-electron chi connectivity index (χ0n) is 11.3. The Morgan fingerprint density at radius 2 is 1.95 bits per heavy atom. The summed E-state index contributed by atoms with van der Waals surface area (Å²) in [5.41, 5.74) is 2.41. The van der Waals surface area contributed by atoms with Crippen LogP contribution in [0.3, 0.4) is 0 Å². The largest absolute Gasteiger partial charge is 0.305 e. The SMILES string of the molecule is C[C@@H]1CCc2cc(F)ccc2N1C(=O)c1ccccc1. The van der Waals surface area contributed by atoms with E-state index in [4.69, 9.17) is 0 Å². The fourth-order valence-corrected chi connectivity index (χ4v) is 2.75. The average molecular weight is 269 g/mol. The minimum atomic E-state index is -0.245. The molecule has 3 rings (SSSR count). The first kappa shape index (κ1) is 12.9. The van der Waals surface area contributed by atoms with Gasteiger partial charge in [-0.05, 0) is 55.7 Å². The third-order valence-electron chi connectivity index (χ3n) is 3.81. The zero-order chi connectivity index (χ0) is 14.1. The summed E-state index contributed by atoms with van der Waals surface area (Å²) in [5, 5.41) is 0. The first-order valence-electron chi connectivity index (χ1n) is 6.84. The molecule has 102 valence electrons. The molecule has 3 heteroatoms. The number of hydrogen-bond donors (Lipinski definition) is 0. The number of aryl methyl sites for hydroxylation is 1. The minimum Gasteiger partial charge on any atom is -0.305 e. The standard InChI is InChI=1S/C17H16FNO/c1-12-7-8-14-11-15(18)9-10-16(14)19(12)17(20)13-5-3-2-4-6-13/h2-6,9-12H,7-8H2,1H3/t12-/m1/s1. The summed E-state index contributed by atoms with van der Waals surface area (Å²) in [4.78, 5) is 14.5. The van der Waals surface area contributed by atoms with Crippen molar-refractivity contribution in [1.82, 2.24) is 0 Å². The van der Waals surface area contributed by atoms with Crippen molar-refractivity contribution in [3.05, 3.63) is 65.5 Å². The summed E-state index contributed by atoms with van der Waals surface area (Å²) in [6.45, 7) is 2.03. The van der Waals surface area contributed by atoms with E-state index in [1.54, 1.807) is 11.0 Å². The van der Waals surface area contributed by atoms with E-state index in [-0.39, 0.29) is 17.8 Å². The Morgan fingerprint density at radius 1 is 1.20 bits per heavy atom. The fourth-order valence-electron chi connectivity index (χ4n) is 2.75. The van der Waals surface area contributed by atoms with Gasteiger partial charge in [0.05, 0.1) is 0 Å². The lowest BCUT2D eigenvalue weighted by molar-refractivity contribution is 0.0975. The number of nitrogens with zero attached hydrogens (tertiary/aromatic N) is 1. The van der Waals surface area contributed by atoms with Gasteiger partial charge in [0.25, 0.3) is 5.91 Å². The topological polar surface area (TPSA) is 20.3 Å². The predicted molar refractivity (Wildman–Crippen MR) is 77.4 cm³/mol. The molecule has 20 heavy (non-hydrogen) atoms. The molecule has 1 aliphatic heterocycles. The van der Waals surface area contributed by atoms with Gasteiger partial charge in [-0.25, -0.2) is 4.39 Å². The van der Waals surface area contributed by atoms with Crippen LogP contribution in [0.15, 0.2) is 48.5 Å². The van der Waals surface area contributed by atoms with E-state index in [0.29, 0.717) is 5.56 Å². The average Bonchev–Trinajstić information content (AvgIpc) is 2.48. The van der Waals surface area contributed by atoms with Crippen LogP contribution >= 0.6 is 0 Å². The molecule has 0 bridgehead atoms. The van der Waals surface area contributed by atoms with Gasteiger partial charge in [-0.3, -0.25) is 4.79 Å². The second-order valence-corrected chi connectivity index (χ2v) is 5.20. The number of fused-ring (bicyclic) bond motifs is 1. The van der Waals surface area contributed by atoms with Crippen LogP contribution in [0.1, 0.15) is 29.3 Å². The smallest absolute Gasteiger partial charge is 0.258 e. The van der Waals surface area contributed by atoms with Gasteiger partial charge < -0.3 is 4.90 Å². The van der Waals surface area contributed by atoms with Gasteiger partial charge in [-0.1, -0.05) is 18.2 Å². The number of halogens is 1. The highest BCUT2D eigenvalue weighted by molar-refractivity contribution is 6.07. The molecule has 0 radical (unpaired) electrons. The highest BCUT2D eigenvalue weighted by atomic mass is 19.1.